The van der Waals surface area contributed by atoms with Crippen molar-refractivity contribution in [1.29, 1.82) is 0 Å². The molecule has 1 N–H and O–H groups in total. The minimum absolute atomic E-state index is 0.732. The highest BCUT2D eigenvalue weighted by atomic mass is 15.2. The zero-order valence-corrected chi connectivity index (χ0v) is 14.8. The van der Waals surface area contributed by atoms with Gasteiger partial charge in [0.15, 0.2) is 0 Å². The summed E-state index contributed by atoms with van der Waals surface area (Å²) in [6.45, 7) is 9.72. The predicted octanol–water partition coefficient (Wildman–Crippen LogP) is 4.98. The van der Waals surface area contributed by atoms with E-state index in [9.17, 15) is 0 Å². The van der Waals surface area contributed by atoms with Crippen LogP contribution in [0.4, 0.5) is 0 Å². The second-order valence-electron chi connectivity index (χ2n) is 6.90. The molecule has 0 aromatic carbocycles. The molecule has 0 bridgehead atoms. The topological polar surface area (TPSA) is 15.3 Å². The van der Waals surface area contributed by atoms with Gasteiger partial charge in [-0.2, -0.15) is 0 Å². The minimum atomic E-state index is 0.732. The monoisotopic (exact) mass is 296 g/mol. The van der Waals surface area contributed by atoms with Crippen molar-refractivity contribution in [2.75, 3.05) is 26.2 Å². The molecule has 0 saturated carbocycles. The maximum Gasteiger partial charge on any atom is 0.0192 e. The molecule has 1 saturated heterocycles. The van der Waals surface area contributed by atoms with Crippen LogP contribution in [-0.2, 0) is 0 Å². The summed E-state index contributed by atoms with van der Waals surface area (Å²) in [4.78, 5) is 2.69. The van der Waals surface area contributed by atoms with Gasteiger partial charge in [-0.25, -0.2) is 0 Å². The summed E-state index contributed by atoms with van der Waals surface area (Å²) in [6.07, 6.45) is 17.0. The zero-order valence-electron chi connectivity index (χ0n) is 14.8. The van der Waals surface area contributed by atoms with Crippen LogP contribution in [-0.4, -0.2) is 37.1 Å². The van der Waals surface area contributed by atoms with Gasteiger partial charge in [-0.05, 0) is 38.9 Å². The Hall–Kier alpha value is -0.0800. The number of hydrogen-bond donors (Lipinski definition) is 1. The third-order valence-corrected chi connectivity index (χ3v) is 4.88. The molecule has 1 heterocycles. The van der Waals surface area contributed by atoms with E-state index in [1.165, 1.54) is 103 Å². The van der Waals surface area contributed by atoms with E-state index < -0.39 is 0 Å². The fourth-order valence-electron chi connectivity index (χ4n) is 3.38. The Bertz CT molecular complexity index is 218. The fourth-order valence-corrected chi connectivity index (χ4v) is 3.38. The Morgan fingerprint density at radius 1 is 0.857 bits per heavy atom. The van der Waals surface area contributed by atoms with Crippen LogP contribution in [0.3, 0.4) is 0 Å². The molecule has 0 amide bonds. The number of rotatable bonds is 12. The van der Waals surface area contributed by atoms with E-state index >= 15 is 0 Å². The third kappa shape index (κ3) is 10.3. The molecule has 1 unspecified atom stereocenters. The van der Waals surface area contributed by atoms with Crippen LogP contribution >= 0.6 is 0 Å². The van der Waals surface area contributed by atoms with Crippen molar-refractivity contribution >= 4 is 0 Å². The van der Waals surface area contributed by atoms with Gasteiger partial charge >= 0.3 is 0 Å². The van der Waals surface area contributed by atoms with Crippen molar-refractivity contribution < 1.29 is 0 Å². The molecule has 0 aromatic rings. The maximum atomic E-state index is 3.66. The summed E-state index contributed by atoms with van der Waals surface area (Å²) in [5.74, 6) is 0. The Kier molecular flexibility index (Phi) is 12.3. The van der Waals surface area contributed by atoms with Crippen LogP contribution in [0.25, 0.3) is 0 Å². The van der Waals surface area contributed by atoms with E-state index in [1.807, 2.05) is 0 Å². The highest BCUT2D eigenvalue weighted by molar-refractivity contribution is 4.75. The Morgan fingerprint density at radius 2 is 1.48 bits per heavy atom. The van der Waals surface area contributed by atoms with Gasteiger partial charge in [0.05, 0.1) is 0 Å². The Balaban J connectivity index is 1.89. The molecular weight excluding hydrogens is 256 g/mol. The summed E-state index contributed by atoms with van der Waals surface area (Å²) in [5.41, 5.74) is 0. The van der Waals surface area contributed by atoms with E-state index in [4.69, 9.17) is 0 Å². The summed E-state index contributed by atoms with van der Waals surface area (Å²) in [6, 6.07) is 0.732. The average molecular weight is 297 g/mol. The van der Waals surface area contributed by atoms with Gasteiger partial charge in [-0.1, -0.05) is 71.6 Å². The number of hydrogen-bond acceptors (Lipinski definition) is 2. The first kappa shape index (κ1) is 19.0. The van der Waals surface area contributed by atoms with Gasteiger partial charge in [-0.15, -0.1) is 0 Å². The van der Waals surface area contributed by atoms with Crippen LogP contribution in [0.15, 0.2) is 0 Å². The van der Waals surface area contributed by atoms with Gasteiger partial charge in [0.2, 0.25) is 0 Å². The van der Waals surface area contributed by atoms with Crippen LogP contribution in [0.5, 0.6) is 0 Å². The van der Waals surface area contributed by atoms with Gasteiger partial charge in [0, 0.05) is 12.6 Å². The van der Waals surface area contributed by atoms with Crippen LogP contribution in [0.2, 0.25) is 0 Å². The van der Waals surface area contributed by atoms with Gasteiger partial charge in [-0.3, -0.25) is 0 Å². The molecule has 1 aliphatic heterocycles. The third-order valence-electron chi connectivity index (χ3n) is 4.88. The second-order valence-corrected chi connectivity index (χ2v) is 6.90. The lowest BCUT2D eigenvalue weighted by Crippen LogP contribution is -2.37. The molecule has 1 fully saturated rings. The van der Waals surface area contributed by atoms with Crippen LogP contribution < -0.4 is 5.32 Å². The molecule has 1 rings (SSSR count). The predicted molar refractivity (Wildman–Crippen MR) is 95.0 cm³/mol. The first-order valence-corrected chi connectivity index (χ1v) is 9.82. The van der Waals surface area contributed by atoms with Crippen molar-refractivity contribution in [1.82, 2.24) is 10.2 Å². The lowest BCUT2D eigenvalue weighted by atomic mass is 10.1. The molecule has 1 atom stereocenters. The first-order chi connectivity index (χ1) is 10.4. The molecule has 2 nitrogen and oxygen atoms in total. The molecule has 0 radical (unpaired) electrons. The normalized spacial score (nSPS) is 20.6. The van der Waals surface area contributed by atoms with Crippen molar-refractivity contribution in [2.24, 2.45) is 0 Å². The number of unbranched alkanes of at least 4 members (excludes halogenated alkanes) is 9. The number of nitrogens with one attached hydrogen (secondary N) is 1. The molecule has 126 valence electrons. The van der Waals surface area contributed by atoms with Crippen molar-refractivity contribution in [3.63, 3.8) is 0 Å². The first-order valence-electron chi connectivity index (χ1n) is 9.82. The largest absolute Gasteiger partial charge is 0.313 e. The fraction of sp³-hybridized carbons (Fsp3) is 1.00. The van der Waals surface area contributed by atoms with E-state index in [1.54, 1.807) is 0 Å². The Morgan fingerprint density at radius 3 is 2.10 bits per heavy atom. The summed E-state index contributed by atoms with van der Waals surface area (Å²) in [5, 5.41) is 3.66. The Labute approximate surface area is 134 Å². The van der Waals surface area contributed by atoms with E-state index in [-0.39, 0.29) is 0 Å². The molecule has 0 aliphatic carbocycles. The standard InChI is InChI=1S/C19H40N2/c1-3-5-6-7-8-9-10-11-12-13-16-21-17-14-15-20-19(4-2)18-21/h19-20H,3-18H2,1-2H3. The highest BCUT2D eigenvalue weighted by Gasteiger charge is 2.15. The highest BCUT2D eigenvalue weighted by Crippen LogP contribution is 2.11. The van der Waals surface area contributed by atoms with E-state index in [0.29, 0.717) is 0 Å². The van der Waals surface area contributed by atoms with Crippen molar-refractivity contribution in [3.05, 3.63) is 0 Å². The van der Waals surface area contributed by atoms with E-state index in [0.717, 1.165) is 6.04 Å². The number of nitrogens with zero attached hydrogens (tertiary/aromatic N) is 1. The lowest BCUT2D eigenvalue weighted by Gasteiger charge is -2.23. The molecule has 21 heavy (non-hydrogen) atoms. The molecule has 0 spiro atoms. The minimum Gasteiger partial charge on any atom is -0.313 e. The SMILES string of the molecule is CCCCCCCCCCCCN1CCCNC(CC)C1. The summed E-state index contributed by atoms with van der Waals surface area (Å²) >= 11 is 0. The summed E-state index contributed by atoms with van der Waals surface area (Å²) < 4.78 is 0. The summed E-state index contributed by atoms with van der Waals surface area (Å²) in [7, 11) is 0. The second kappa shape index (κ2) is 13.6. The van der Waals surface area contributed by atoms with Gasteiger partial charge in [0.1, 0.15) is 0 Å². The molecule has 1 aliphatic rings. The molecular formula is C19H40N2. The maximum absolute atomic E-state index is 3.66. The van der Waals surface area contributed by atoms with Gasteiger partial charge in [0.25, 0.3) is 0 Å². The van der Waals surface area contributed by atoms with Crippen LogP contribution in [0.1, 0.15) is 90.9 Å². The molecule has 0 aromatic heterocycles. The molecule has 2 heteroatoms. The van der Waals surface area contributed by atoms with Crippen molar-refractivity contribution in [2.45, 2.75) is 96.9 Å². The lowest BCUT2D eigenvalue weighted by molar-refractivity contribution is 0.259. The quantitative estimate of drug-likeness (QED) is 0.511. The average Bonchev–Trinajstić information content (AvgIpc) is 2.74. The van der Waals surface area contributed by atoms with Gasteiger partial charge < -0.3 is 10.2 Å². The smallest absolute Gasteiger partial charge is 0.0192 e. The van der Waals surface area contributed by atoms with Crippen molar-refractivity contribution in [3.8, 4) is 0 Å². The van der Waals surface area contributed by atoms with Crippen LogP contribution in [0, 0.1) is 0 Å². The zero-order chi connectivity index (χ0) is 15.2. The van der Waals surface area contributed by atoms with E-state index in [2.05, 4.69) is 24.1 Å².